The number of likely N-dealkylation sites (N-methyl/N-ethyl adjacent to an activating group) is 1. The highest BCUT2D eigenvalue weighted by atomic mass is 16.4. The zero-order valence-electron chi connectivity index (χ0n) is 15.4. The third-order valence-corrected chi connectivity index (χ3v) is 5.57. The minimum atomic E-state index is -0.941. The molecule has 1 aromatic rings. The predicted molar refractivity (Wildman–Crippen MR) is 96.9 cm³/mol. The second kappa shape index (κ2) is 6.72. The van der Waals surface area contributed by atoms with Crippen LogP contribution in [-0.2, 0) is 9.59 Å². The van der Waals surface area contributed by atoms with Gasteiger partial charge in [0.25, 0.3) is 5.91 Å². The summed E-state index contributed by atoms with van der Waals surface area (Å²) < 4.78 is 0. The number of nitrogens with zero attached hydrogens (tertiary/aromatic N) is 2. The van der Waals surface area contributed by atoms with Crippen LogP contribution in [0.5, 0.6) is 0 Å². The lowest BCUT2D eigenvalue weighted by Crippen LogP contribution is -2.47. The number of hydrogen-bond acceptors (Lipinski definition) is 4. The Balaban J connectivity index is 1.61. The molecule has 1 aliphatic heterocycles. The molecule has 2 N–H and O–H groups in total. The average Bonchev–Trinajstić information content (AvgIpc) is 3.18. The van der Waals surface area contributed by atoms with E-state index < -0.39 is 23.2 Å². The minimum absolute atomic E-state index is 0.00903. The van der Waals surface area contributed by atoms with Crippen LogP contribution in [0.3, 0.4) is 0 Å². The van der Waals surface area contributed by atoms with Crippen molar-refractivity contribution in [3.05, 3.63) is 29.8 Å². The van der Waals surface area contributed by atoms with E-state index in [1.54, 1.807) is 38.1 Å². The van der Waals surface area contributed by atoms with E-state index in [-0.39, 0.29) is 11.8 Å². The van der Waals surface area contributed by atoms with Gasteiger partial charge in [-0.15, -0.1) is 0 Å². The smallest absolute Gasteiger partial charge is 0.307 e. The van der Waals surface area contributed by atoms with Gasteiger partial charge in [-0.25, -0.2) is 0 Å². The van der Waals surface area contributed by atoms with Crippen molar-refractivity contribution in [2.45, 2.75) is 13.8 Å². The van der Waals surface area contributed by atoms with Crippen LogP contribution >= 0.6 is 0 Å². The van der Waals surface area contributed by atoms with Gasteiger partial charge in [0.2, 0.25) is 5.91 Å². The van der Waals surface area contributed by atoms with Gasteiger partial charge in [0.15, 0.2) is 0 Å². The second-order valence-electron chi connectivity index (χ2n) is 7.78. The molecule has 1 saturated heterocycles. The minimum Gasteiger partial charge on any atom is -0.481 e. The highest BCUT2D eigenvalue weighted by molar-refractivity contribution is 6.00. The highest BCUT2D eigenvalue weighted by Gasteiger charge is 2.65. The largest absolute Gasteiger partial charge is 0.481 e. The van der Waals surface area contributed by atoms with Gasteiger partial charge in [-0.3, -0.25) is 14.4 Å². The third kappa shape index (κ3) is 3.44. The number of aliphatic carboxylic acids is 1. The summed E-state index contributed by atoms with van der Waals surface area (Å²) in [7, 11) is 2.04. The maximum atomic E-state index is 12.5. The van der Waals surface area contributed by atoms with Crippen LogP contribution in [0.1, 0.15) is 24.2 Å². The summed E-state index contributed by atoms with van der Waals surface area (Å²) in [4.78, 5) is 40.1. The van der Waals surface area contributed by atoms with Gasteiger partial charge in [-0.05, 0) is 36.7 Å². The summed E-state index contributed by atoms with van der Waals surface area (Å²) in [6.45, 7) is 6.72. The van der Waals surface area contributed by atoms with Gasteiger partial charge in [-0.2, -0.15) is 0 Å². The molecular weight excluding hydrogens is 334 g/mol. The lowest BCUT2D eigenvalue weighted by molar-refractivity contribution is -0.140. The van der Waals surface area contributed by atoms with E-state index in [4.69, 9.17) is 0 Å². The summed E-state index contributed by atoms with van der Waals surface area (Å²) in [5, 5.41) is 11.9. The first-order chi connectivity index (χ1) is 12.2. The first-order valence-electron chi connectivity index (χ1n) is 8.83. The standard InChI is InChI=1S/C19H25N3O4/c1-19(2)14(15(19)18(25)26)16(23)20-13-6-4-12(5-7-13)17(24)22-10-8-21(3)9-11-22/h4-7,14-15H,8-11H2,1-3H3,(H,20,23)(H,25,26)/t14-,15-/m0/s1. The summed E-state index contributed by atoms with van der Waals surface area (Å²) in [5.74, 6) is -2.43. The average molecular weight is 359 g/mol. The maximum Gasteiger partial charge on any atom is 0.307 e. The number of rotatable bonds is 4. The Morgan fingerprint density at radius 2 is 1.62 bits per heavy atom. The molecule has 1 heterocycles. The van der Waals surface area contributed by atoms with Crippen LogP contribution in [0, 0.1) is 17.3 Å². The van der Waals surface area contributed by atoms with Gasteiger partial charge >= 0.3 is 5.97 Å². The van der Waals surface area contributed by atoms with Crippen LogP contribution in [0.15, 0.2) is 24.3 Å². The van der Waals surface area contributed by atoms with Crippen molar-refractivity contribution in [3.8, 4) is 0 Å². The third-order valence-electron chi connectivity index (χ3n) is 5.57. The van der Waals surface area contributed by atoms with Crippen LogP contribution in [0.25, 0.3) is 0 Å². The van der Waals surface area contributed by atoms with Crippen LogP contribution in [0.2, 0.25) is 0 Å². The van der Waals surface area contributed by atoms with Crippen molar-refractivity contribution in [1.82, 2.24) is 9.80 Å². The number of benzene rings is 1. The molecule has 2 fully saturated rings. The Labute approximate surface area is 153 Å². The number of piperazine rings is 1. The van der Waals surface area contributed by atoms with E-state index in [1.807, 2.05) is 11.9 Å². The molecule has 0 spiro atoms. The molecule has 26 heavy (non-hydrogen) atoms. The fourth-order valence-corrected chi connectivity index (χ4v) is 3.70. The fourth-order valence-electron chi connectivity index (χ4n) is 3.70. The highest BCUT2D eigenvalue weighted by Crippen LogP contribution is 2.58. The molecule has 0 radical (unpaired) electrons. The lowest BCUT2D eigenvalue weighted by atomic mass is 10.1. The molecule has 2 aliphatic rings. The zero-order valence-corrected chi connectivity index (χ0v) is 15.4. The topological polar surface area (TPSA) is 90.0 Å². The molecule has 0 unspecified atom stereocenters. The zero-order chi connectivity index (χ0) is 19.1. The van der Waals surface area contributed by atoms with Crippen molar-refractivity contribution in [3.63, 3.8) is 0 Å². The SMILES string of the molecule is CN1CCN(C(=O)c2ccc(NC(=O)[C@@H]3[C@@H](C(=O)O)C3(C)C)cc2)CC1. The lowest BCUT2D eigenvalue weighted by Gasteiger charge is -2.32. The van der Waals surface area contributed by atoms with Crippen molar-refractivity contribution < 1.29 is 19.5 Å². The molecule has 2 atom stereocenters. The number of hydrogen-bond donors (Lipinski definition) is 2. The molecule has 3 rings (SSSR count). The van der Waals surface area contributed by atoms with E-state index in [2.05, 4.69) is 10.2 Å². The molecule has 140 valence electrons. The molecule has 0 aromatic heterocycles. The summed E-state index contributed by atoms with van der Waals surface area (Å²) in [6.07, 6.45) is 0. The predicted octanol–water partition coefficient (Wildman–Crippen LogP) is 1.37. The Morgan fingerprint density at radius 3 is 2.12 bits per heavy atom. The number of carbonyl (C=O) groups excluding carboxylic acids is 2. The Kier molecular flexibility index (Phi) is 4.75. The molecule has 1 aliphatic carbocycles. The number of carboxylic acid groups (broad SMARTS) is 1. The number of carboxylic acids is 1. The number of amides is 2. The normalized spacial score (nSPS) is 24.8. The number of anilines is 1. The Bertz CT molecular complexity index is 721. The van der Waals surface area contributed by atoms with E-state index in [0.717, 1.165) is 13.1 Å². The fraction of sp³-hybridized carbons (Fsp3) is 0.526. The Morgan fingerprint density at radius 1 is 1.04 bits per heavy atom. The molecule has 7 heteroatoms. The first-order valence-corrected chi connectivity index (χ1v) is 8.83. The molecule has 0 bridgehead atoms. The molecule has 1 saturated carbocycles. The molecule has 1 aromatic carbocycles. The van der Waals surface area contributed by atoms with Gasteiger partial charge in [0.05, 0.1) is 11.8 Å². The molecule has 7 nitrogen and oxygen atoms in total. The summed E-state index contributed by atoms with van der Waals surface area (Å²) in [5.41, 5.74) is 0.618. The van der Waals surface area contributed by atoms with E-state index >= 15 is 0 Å². The van der Waals surface area contributed by atoms with Gasteiger partial charge in [0, 0.05) is 37.4 Å². The number of nitrogens with one attached hydrogen (secondary N) is 1. The molecule has 2 amide bonds. The van der Waals surface area contributed by atoms with Crippen LogP contribution in [-0.4, -0.2) is 65.9 Å². The van der Waals surface area contributed by atoms with Crippen LogP contribution < -0.4 is 5.32 Å². The Hall–Kier alpha value is -2.41. The first kappa shape index (κ1) is 18.4. The van der Waals surface area contributed by atoms with E-state index in [0.29, 0.717) is 24.3 Å². The van der Waals surface area contributed by atoms with Gasteiger partial charge < -0.3 is 20.2 Å². The van der Waals surface area contributed by atoms with Crippen molar-refractivity contribution in [2.75, 3.05) is 38.5 Å². The van der Waals surface area contributed by atoms with Crippen molar-refractivity contribution in [1.29, 1.82) is 0 Å². The number of carbonyl (C=O) groups is 3. The summed E-state index contributed by atoms with van der Waals surface area (Å²) in [6, 6.07) is 6.77. The van der Waals surface area contributed by atoms with Gasteiger partial charge in [-0.1, -0.05) is 13.8 Å². The van der Waals surface area contributed by atoms with Crippen molar-refractivity contribution in [2.24, 2.45) is 17.3 Å². The second-order valence-corrected chi connectivity index (χ2v) is 7.78. The van der Waals surface area contributed by atoms with E-state index in [1.165, 1.54) is 0 Å². The van der Waals surface area contributed by atoms with Crippen LogP contribution in [0.4, 0.5) is 5.69 Å². The molecular formula is C19H25N3O4. The quantitative estimate of drug-likeness (QED) is 0.847. The maximum absolute atomic E-state index is 12.5. The van der Waals surface area contributed by atoms with E-state index in [9.17, 15) is 19.5 Å². The van der Waals surface area contributed by atoms with Gasteiger partial charge in [0.1, 0.15) is 0 Å². The van der Waals surface area contributed by atoms with Crippen molar-refractivity contribution >= 4 is 23.5 Å². The monoisotopic (exact) mass is 359 g/mol. The summed E-state index contributed by atoms with van der Waals surface area (Å²) >= 11 is 0.